The Morgan fingerprint density at radius 3 is 2.65 bits per heavy atom. The number of hydrogen-bond donors (Lipinski definition) is 0. The van der Waals surface area contributed by atoms with Crippen molar-refractivity contribution in [2.75, 3.05) is 13.6 Å². The molecule has 0 N–H and O–H groups in total. The largest absolute Gasteiger partial charge is 0.348 e. The number of likely N-dealkylation sites (N-methyl/N-ethyl adjacent to an activating group) is 1. The van der Waals surface area contributed by atoms with Crippen LogP contribution in [0.4, 0.5) is 0 Å². The lowest BCUT2D eigenvalue weighted by atomic mass is 10.1. The molecule has 0 fully saturated rings. The Labute approximate surface area is 103 Å². The highest BCUT2D eigenvalue weighted by Gasteiger charge is 2.27. The van der Waals surface area contributed by atoms with E-state index in [0.717, 1.165) is 31.5 Å². The Kier molecular flexibility index (Phi) is 3.55. The first-order valence-corrected chi connectivity index (χ1v) is 6.74. The van der Waals surface area contributed by atoms with Crippen molar-refractivity contribution in [3.05, 3.63) is 23.0 Å². The minimum Gasteiger partial charge on any atom is -0.348 e. The molecular weight excluding hydrogens is 212 g/mol. The first-order valence-electron chi connectivity index (χ1n) is 6.74. The molecule has 0 bridgehead atoms. The summed E-state index contributed by atoms with van der Waals surface area (Å²) in [7, 11) is 1.89. The number of aromatic nitrogens is 1. The van der Waals surface area contributed by atoms with E-state index < -0.39 is 0 Å². The maximum Gasteiger partial charge on any atom is 0.255 e. The van der Waals surface area contributed by atoms with Gasteiger partial charge in [-0.1, -0.05) is 13.8 Å². The van der Waals surface area contributed by atoms with Crippen molar-refractivity contribution in [3.63, 3.8) is 0 Å². The van der Waals surface area contributed by atoms with Crippen LogP contribution in [0.3, 0.4) is 0 Å². The quantitative estimate of drug-likeness (QED) is 0.677. The van der Waals surface area contributed by atoms with Gasteiger partial charge in [-0.05, 0) is 25.3 Å². The van der Waals surface area contributed by atoms with Crippen molar-refractivity contribution in [3.8, 4) is 0 Å². The summed E-state index contributed by atoms with van der Waals surface area (Å²) >= 11 is 0. The lowest BCUT2D eigenvalue weighted by Crippen LogP contribution is -2.34. The van der Waals surface area contributed by atoms with Gasteiger partial charge in [-0.3, -0.25) is 4.79 Å². The molecule has 2 aliphatic rings. The number of carbonyl (C=O) groups excluding carboxylic acids is 1. The van der Waals surface area contributed by atoms with Crippen LogP contribution < -0.4 is 0 Å². The topological polar surface area (TPSA) is 25.2 Å². The van der Waals surface area contributed by atoms with Gasteiger partial charge in [-0.15, -0.1) is 0 Å². The van der Waals surface area contributed by atoms with Gasteiger partial charge in [0.1, 0.15) is 0 Å². The third-order valence-electron chi connectivity index (χ3n) is 3.62. The second-order valence-corrected chi connectivity index (χ2v) is 4.58. The molecule has 3 rings (SSSR count). The molecule has 0 unspecified atom stereocenters. The van der Waals surface area contributed by atoms with Crippen LogP contribution in [0.5, 0.6) is 0 Å². The molecule has 0 aliphatic carbocycles. The Bertz CT molecular complexity index is 420. The van der Waals surface area contributed by atoms with Crippen LogP contribution in [0.15, 0.2) is 6.07 Å². The number of carbonyl (C=O) groups is 1. The maximum absolute atomic E-state index is 11.9. The number of hydrogen-bond acceptors (Lipinski definition) is 1. The third-order valence-corrected chi connectivity index (χ3v) is 3.62. The molecule has 2 aliphatic heterocycles. The van der Waals surface area contributed by atoms with Gasteiger partial charge in [0.15, 0.2) is 0 Å². The second-order valence-electron chi connectivity index (χ2n) is 4.58. The third kappa shape index (κ3) is 1.99. The SMILES string of the molecule is CC.CN1CCc2c(cc3n2CCCC3)C1=O. The lowest BCUT2D eigenvalue weighted by molar-refractivity contribution is 0.0779. The highest BCUT2D eigenvalue weighted by atomic mass is 16.2. The fourth-order valence-corrected chi connectivity index (χ4v) is 2.74. The minimum atomic E-state index is 0.207. The molecule has 3 heterocycles. The van der Waals surface area contributed by atoms with Crippen molar-refractivity contribution in [2.45, 2.75) is 46.1 Å². The summed E-state index contributed by atoms with van der Waals surface area (Å²) in [5.41, 5.74) is 3.61. The van der Waals surface area contributed by atoms with Crippen LogP contribution in [-0.2, 0) is 19.4 Å². The molecule has 1 aromatic rings. The van der Waals surface area contributed by atoms with Crippen LogP contribution in [0.25, 0.3) is 0 Å². The maximum atomic E-state index is 11.9. The molecule has 0 radical (unpaired) electrons. The van der Waals surface area contributed by atoms with E-state index in [1.165, 1.54) is 24.2 Å². The summed E-state index contributed by atoms with van der Waals surface area (Å²) in [6, 6.07) is 2.12. The summed E-state index contributed by atoms with van der Waals surface area (Å²) in [4.78, 5) is 13.8. The van der Waals surface area contributed by atoms with E-state index in [4.69, 9.17) is 0 Å². The zero-order valence-electron chi connectivity index (χ0n) is 11.1. The van der Waals surface area contributed by atoms with Gasteiger partial charge in [0.05, 0.1) is 5.56 Å². The summed E-state index contributed by atoms with van der Waals surface area (Å²) in [5, 5.41) is 0. The van der Waals surface area contributed by atoms with E-state index in [1.54, 1.807) is 0 Å². The van der Waals surface area contributed by atoms with Crippen LogP contribution in [0, 0.1) is 0 Å². The van der Waals surface area contributed by atoms with E-state index in [9.17, 15) is 4.79 Å². The van der Waals surface area contributed by atoms with Crippen molar-refractivity contribution < 1.29 is 4.79 Å². The normalized spacial score (nSPS) is 18.1. The Hall–Kier alpha value is -1.25. The molecule has 3 heteroatoms. The Morgan fingerprint density at radius 2 is 1.88 bits per heavy atom. The number of fused-ring (bicyclic) bond motifs is 3. The molecule has 3 nitrogen and oxygen atoms in total. The van der Waals surface area contributed by atoms with Gasteiger partial charge in [-0.25, -0.2) is 0 Å². The van der Waals surface area contributed by atoms with Crippen LogP contribution in [0.1, 0.15) is 48.4 Å². The van der Waals surface area contributed by atoms with Crippen molar-refractivity contribution in [1.29, 1.82) is 0 Å². The van der Waals surface area contributed by atoms with Crippen LogP contribution in [0.2, 0.25) is 0 Å². The summed E-state index contributed by atoms with van der Waals surface area (Å²) < 4.78 is 2.38. The van der Waals surface area contributed by atoms with Crippen molar-refractivity contribution >= 4 is 5.91 Å². The molecular formula is C14H22N2O. The highest BCUT2D eigenvalue weighted by Crippen LogP contribution is 2.26. The van der Waals surface area contributed by atoms with E-state index >= 15 is 0 Å². The van der Waals surface area contributed by atoms with E-state index in [-0.39, 0.29) is 5.91 Å². The van der Waals surface area contributed by atoms with Gasteiger partial charge in [0, 0.05) is 37.9 Å². The highest BCUT2D eigenvalue weighted by molar-refractivity contribution is 5.96. The fourth-order valence-electron chi connectivity index (χ4n) is 2.74. The smallest absolute Gasteiger partial charge is 0.255 e. The summed E-state index contributed by atoms with van der Waals surface area (Å²) in [5.74, 6) is 0.207. The van der Waals surface area contributed by atoms with Gasteiger partial charge in [-0.2, -0.15) is 0 Å². The van der Waals surface area contributed by atoms with Gasteiger partial charge >= 0.3 is 0 Å². The Balaban J connectivity index is 0.000000514. The second kappa shape index (κ2) is 4.94. The lowest BCUT2D eigenvalue weighted by Gasteiger charge is -2.25. The van der Waals surface area contributed by atoms with Crippen LogP contribution >= 0.6 is 0 Å². The molecule has 0 aromatic carbocycles. The van der Waals surface area contributed by atoms with Crippen molar-refractivity contribution in [2.24, 2.45) is 0 Å². The Morgan fingerprint density at radius 1 is 1.12 bits per heavy atom. The average Bonchev–Trinajstić information content (AvgIpc) is 2.76. The molecule has 0 saturated carbocycles. The summed E-state index contributed by atoms with van der Waals surface area (Å²) in [6.07, 6.45) is 4.70. The summed E-state index contributed by atoms with van der Waals surface area (Å²) in [6.45, 7) is 5.98. The molecule has 0 saturated heterocycles. The minimum absolute atomic E-state index is 0.207. The predicted molar refractivity (Wildman–Crippen MR) is 69.4 cm³/mol. The number of rotatable bonds is 0. The fraction of sp³-hybridized carbons (Fsp3) is 0.643. The van der Waals surface area contributed by atoms with Gasteiger partial charge in [0.25, 0.3) is 5.91 Å². The molecule has 17 heavy (non-hydrogen) atoms. The molecule has 0 atom stereocenters. The van der Waals surface area contributed by atoms with E-state index in [1.807, 2.05) is 25.8 Å². The van der Waals surface area contributed by atoms with Gasteiger partial charge < -0.3 is 9.47 Å². The molecule has 0 spiro atoms. The zero-order valence-corrected chi connectivity index (χ0v) is 11.1. The number of nitrogens with zero attached hydrogens (tertiary/aromatic N) is 2. The zero-order chi connectivity index (χ0) is 12.4. The van der Waals surface area contributed by atoms with E-state index in [0.29, 0.717) is 0 Å². The van der Waals surface area contributed by atoms with Gasteiger partial charge in [0.2, 0.25) is 0 Å². The monoisotopic (exact) mass is 234 g/mol. The molecule has 1 aromatic heterocycles. The standard InChI is InChI=1S/C12H16N2O.C2H6/c1-13-7-5-11-10(12(13)15)8-9-4-2-3-6-14(9)11;1-2/h8H,2-7H2,1H3;1-2H3. The van der Waals surface area contributed by atoms with Crippen LogP contribution in [-0.4, -0.2) is 29.0 Å². The molecule has 1 amide bonds. The first-order chi connectivity index (χ1) is 8.27. The number of amides is 1. The molecule has 94 valence electrons. The van der Waals surface area contributed by atoms with E-state index in [2.05, 4.69) is 10.6 Å². The average molecular weight is 234 g/mol. The van der Waals surface area contributed by atoms with Crippen molar-refractivity contribution in [1.82, 2.24) is 9.47 Å². The first kappa shape index (κ1) is 12.2. The number of aryl methyl sites for hydroxylation is 1. The predicted octanol–water partition coefficient (Wildman–Crippen LogP) is 2.48.